The molecule has 1 aliphatic heterocycles. The Hall–Kier alpha value is -0.690. The minimum absolute atomic E-state index is 0.102. The highest BCUT2D eigenvalue weighted by Crippen LogP contribution is 2.28. The smallest absolute Gasteiger partial charge is 0.185 e. The Morgan fingerprint density at radius 1 is 1.33 bits per heavy atom. The highest BCUT2D eigenvalue weighted by Gasteiger charge is 2.19. The largest absolute Gasteiger partial charge is 0.380 e. The Morgan fingerprint density at radius 3 is 2.86 bits per heavy atom. The van der Waals surface area contributed by atoms with E-state index in [1.165, 1.54) is 4.88 Å². The third-order valence-corrected chi connectivity index (χ3v) is 4.48. The zero-order valence-electron chi connectivity index (χ0n) is 13.6. The number of aromatic nitrogens is 1. The van der Waals surface area contributed by atoms with Gasteiger partial charge in [-0.3, -0.25) is 0 Å². The van der Waals surface area contributed by atoms with Crippen molar-refractivity contribution in [3.63, 3.8) is 0 Å². The summed E-state index contributed by atoms with van der Waals surface area (Å²) in [5.41, 5.74) is 1.16. The molecule has 6 heteroatoms. The molecule has 0 spiro atoms. The number of nitrogens with zero attached hydrogens (tertiary/aromatic N) is 2. The van der Waals surface area contributed by atoms with Crippen molar-refractivity contribution in [3.8, 4) is 0 Å². The van der Waals surface area contributed by atoms with Gasteiger partial charge in [-0.1, -0.05) is 0 Å². The molecule has 1 N–H and O–H groups in total. The fourth-order valence-corrected chi connectivity index (χ4v) is 3.23. The van der Waals surface area contributed by atoms with Crippen LogP contribution in [0.2, 0.25) is 0 Å². The zero-order chi connectivity index (χ0) is 15.3. The topological polar surface area (TPSA) is 46.6 Å². The molecule has 1 aliphatic rings. The quantitative estimate of drug-likeness (QED) is 0.904. The summed E-state index contributed by atoms with van der Waals surface area (Å²) in [5, 5.41) is 4.63. The van der Waals surface area contributed by atoms with Gasteiger partial charge < -0.3 is 19.7 Å². The van der Waals surface area contributed by atoms with Crippen LogP contribution in [0.15, 0.2) is 0 Å². The summed E-state index contributed by atoms with van der Waals surface area (Å²) < 4.78 is 10.8. The fraction of sp³-hybridized carbons (Fsp3) is 0.800. The van der Waals surface area contributed by atoms with Gasteiger partial charge in [-0.15, -0.1) is 11.3 Å². The summed E-state index contributed by atoms with van der Waals surface area (Å²) in [7, 11) is 1.72. The van der Waals surface area contributed by atoms with Crippen LogP contribution in [-0.2, 0) is 22.6 Å². The lowest BCUT2D eigenvalue weighted by atomic mass is 10.1. The van der Waals surface area contributed by atoms with E-state index in [-0.39, 0.29) is 5.54 Å². The van der Waals surface area contributed by atoms with Gasteiger partial charge in [-0.2, -0.15) is 0 Å². The van der Waals surface area contributed by atoms with Crippen LogP contribution in [0.25, 0.3) is 0 Å². The van der Waals surface area contributed by atoms with Crippen molar-refractivity contribution in [2.24, 2.45) is 0 Å². The van der Waals surface area contributed by atoms with E-state index in [2.05, 4.69) is 31.0 Å². The Bertz CT molecular complexity index is 435. The maximum atomic E-state index is 5.52. The minimum atomic E-state index is 0.102. The molecule has 0 aliphatic carbocycles. The molecular weight excluding hydrogens is 286 g/mol. The van der Waals surface area contributed by atoms with E-state index in [4.69, 9.17) is 14.5 Å². The van der Waals surface area contributed by atoms with Crippen molar-refractivity contribution >= 4 is 16.5 Å². The Balaban J connectivity index is 2.11. The number of anilines is 1. The lowest BCUT2D eigenvalue weighted by Crippen LogP contribution is -2.35. The van der Waals surface area contributed by atoms with Crippen molar-refractivity contribution in [3.05, 3.63) is 10.6 Å². The Labute approximate surface area is 131 Å². The van der Waals surface area contributed by atoms with E-state index in [9.17, 15) is 0 Å². The summed E-state index contributed by atoms with van der Waals surface area (Å²) in [4.78, 5) is 8.39. The first kappa shape index (κ1) is 16.7. The van der Waals surface area contributed by atoms with Crippen LogP contribution in [0.4, 0.5) is 5.13 Å². The number of thiazole rings is 1. The van der Waals surface area contributed by atoms with E-state index in [1.54, 1.807) is 18.4 Å². The molecule has 0 atom stereocenters. The van der Waals surface area contributed by atoms with E-state index in [0.717, 1.165) is 50.1 Å². The summed E-state index contributed by atoms with van der Waals surface area (Å²) in [5.74, 6) is 0. The second-order valence-corrected chi connectivity index (χ2v) is 7.42. The normalized spacial score (nSPS) is 17.0. The molecule has 0 amide bonds. The highest BCUT2D eigenvalue weighted by molar-refractivity contribution is 7.15. The number of ether oxygens (including phenoxy) is 2. The van der Waals surface area contributed by atoms with Gasteiger partial charge in [0.2, 0.25) is 0 Å². The predicted molar refractivity (Wildman–Crippen MR) is 87.1 cm³/mol. The summed E-state index contributed by atoms with van der Waals surface area (Å²) >= 11 is 1.77. The molecule has 21 heavy (non-hydrogen) atoms. The number of hydrogen-bond donors (Lipinski definition) is 1. The van der Waals surface area contributed by atoms with Crippen LogP contribution in [0, 0.1) is 0 Å². The Kier molecular flexibility index (Phi) is 5.98. The van der Waals surface area contributed by atoms with Crippen LogP contribution in [0.1, 0.15) is 37.8 Å². The van der Waals surface area contributed by atoms with E-state index in [0.29, 0.717) is 6.61 Å². The van der Waals surface area contributed by atoms with E-state index in [1.807, 2.05) is 0 Å². The van der Waals surface area contributed by atoms with Gasteiger partial charge in [0.05, 0.1) is 18.9 Å². The van der Waals surface area contributed by atoms with Crippen LogP contribution in [0.3, 0.4) is 0 Å². The molecule has 120 valence electrons. The third-order valence-electron chi connectivity index (χ3n) is 3.32. The van der Waals surface area contributed by atoms with Gasteiger partial charge in [0.25, 0.3) is 0 Å². The zero-order valence-corrected chi connectivity index (χ0v) is 14.4. The standard InChI is InChI=1S/C15H27N3O2S/c1-15(2,3)16-10-13-12(11-19-4)17-14(21-13)18-6-5-8-20-9-7-18/h16H,5-11H2,1-4H3. The maximum absolute atomic E-state index is 5.52. The van der Waals surface area contributed by atoms with Gasteiger partial charge in [0, 0.05) is 43.8 Å². The second kappa shape index (κ2) is 7.54. The van der Waals surface area contributed by atoms with Gasteiger partial charge in [0.1, 0.15) is 0 Å². The molecule has 2 heterocycles. The molecule has 2 rings (SSSR count). The van der Waals surface area contributed by atoms with Crippen molar-refractivity contribution in [2.75, 3.05) is 38.3 Å². The van der Waals surface area contributed by atoms with Crippen LogP contribution in [0.5, 0.6) is 0 Å². The van der Waals surface area contributed by atoms with Crippen LogP contribution in [-0.4, -0.2) is 43.9 Å². The first-order chi connectivity index (χ1) is 9.99. The lowest BCUT2D eigenvalue weighted by Gasteiger charge is -2.20. The number of rotatable bonds is 5. The molecule has 1 saturated heterocycles. The molecule has 0 saturated carbocycles. The molecule has 0 aromatic carbocycles. The number of nitrogens with one attached hydrogen (secondary N) is 1. The maximum Gasteiger partial charge on any atom is 0.185 e. The molecule has 1 aromatic rings. The molecule has 0 bridgehead atoms. The van der Waals surface area contributed by atoms with Crippen molar-refractivity contribution < 1.29 is 9.47 Å². The number of methoxy groups -OCH3 is 1. The summed E-state index contributed by atoms with van der Waals surface area (Å²) in [6.45, 7) is 11.5. The van der Waals surface area contributed by atoms with Crippen molar-refractivity contribution in [2.45, 2.75) is 45.9 Å². The molecule has 0 radical (unpaired) electrons. The van der Waals surface area contributed by atoms with Gasteiger partial charge >= 0.3 is 0 Å². The lowest BCUT2D eigenvalue weighted by molar-refractivity contribution is 0.152. The van der Waals surface area contributed by atoms with Crippen molar-refractivity contribution in [1.29, 1.82) is 0 Å². The Morgan fingerprint density at radius 2 is 2.14 bits per heavy atom. The highest BCUT2D eigenvalue weighted by atomic mass is 32.1. The molecule has 5 nitrogen and oxygen atoms in total. The number of hydrogen-bond acceptors (Lipinski definition) is 6. The SMILES string of the molecule is COCc1nc(N2CCCOCC2)sc1CNC(C)(C)C. The minimum Gasteiger partial charge on any atom is -0.380 e. The first-order valence-electron chi connectivity index (χ1n) is 7.55. The molecule has 0 unspecified atom stereocenters. The van der Waals surface area contributed by atoms with Crippen LogP contribution < -0.4 is 10.2 Å². The van der Waals surface area contributed by atoms with Crippen molar-refractivity contribution in [1.82, 2.24) is 10.3 Å². The molecule has 1 fully saturated rings. The predicted octanol–water partition coefficient (Wildman–Crippen LogP) is 2.40. The first-order valence-corrected chi connectivity index (χ1v) is 8.36. The fourth-order valence-electron chi connectivity index (χ4n) is 2.18. The van der Waals surface area contributed by atoms with Gasteiger partial charge in [0.15, 0.2) is 5.13 Å². The molecular formula is C15H27N3O2S. The average molecular weight is 313 g/mol. The monoisotopic (exact) mass is 313 g/mol. The van der Waals surface area contributed by atoms with E-state index >= 15 is 0 Å². The van der Waals surface area contributed by atoms with E-state index < -0.39 is 0 Å². The second-order valence-electron chi connectivity index (χ2n) is 6.36. The van der Waals surface area contributed by atoms with Crippen LogP contribution >= 0.6 is 11.3 Å². The summed E-state index contributed by atoms with van der Waals surface area (Å²) in [6, 6.07) is 0. The molecule has 1 aromatic heterocycles. The third kappa shape index (κ3) is 5.21. The van der Waals surface area contributed by atoms with Gasteiger partial charge in [-0.25, -0.2) is 4.98 Å². The average Bonchev–Trinajstić information content (AvgIpc) is 2.63. The van der Waals surface area contributed by atoms with Gasteiger partial charge in [-0.05, 0) is 27.2 Å². The summed E-state index contributed by atoms with van der Waals surface area (Å²) in [6.07, 6.45) is 1.06.